The number of hydrogen-bond acceptors (Lipinski definition) is 7. The van der Waals surface area contributed by atoms with E-state index in [2.05, 4.69) is 10.0 Å². The fourth-order valence-electron chi connectivity index (χ4n) is 3.11. The summed E-state index contributed by atoms with van der Waals surface area (Å²) in [4.78, 5) is 0.0593. The van der Waals surface area contributed by atoms with Crippen molar-refractivity contribution in [3.63, 3.8) is 0 Å². The summed E-state index contributed by atoms with van der Waals surface area (Å²) in [5.41, 5.74) is 0.737. The molecule has 3 rings (SSSR count). The van der Waals surface area contributed by atoms with Gasteiger partial charge in [-0.25, -0.2) is 8.42 Å². The van der Waals surface area contributed by atoms with Crippen LogP contribution >= 0.6 is 0 Å². The van der Waals surface area contributed by atoms with Crippen LogP contribution in [-0.4, -0.2) is 49.0 Å². The van der Waals surface area contributed by atoms with Gasteiger partial charge in [0, 0.05) is 18.7 Å². The van der Waals surface area contributed by atoms with Crippen molar-refractivity contribution in [2.45, 2.75) is 30.1 Å². The minimum atomic E-state index is -3.88. The maximum absolute atomic E-state index is 12.5. The highest BCUT2D eigenvalue weighted by atomic mass is 32.2. The Morgan fingerprint density at radius 3 is 2.24 bits per heavy atom. The number of ether oxygens (including phenoxy) is 1. The summed E-state index contributed by atoms with van der Waals surface area (Å²) in [6.07, 6.45) is -1.61. The molecule has 176 valence electrons. The molecule has 9 heteroatoms. The van der Waals surface area contributed by atoms with E-state index < -0.39 is 22.2 Å². The lowest BCUT2D eigenvalue weighted by atomic mass is 10.0. The van der Waals surface area contributed by atoms with Crippen molar-refractivity contribution in [3.05, 3.63) is 84.4 Å². The zero-order chi connectivity index (χ0) is 23.8. The first kappa shape index (κ1) is 24.5. The zero-order valence-electron chi connectivity index (χ0n) is 18.1. The third-order valence-electron chi connectivity index (χ3n) is 5.00. The molecule has 0 spiro atoms. The largest absolute Gasteiger partial charge is 0.506 e. The molecule has 0 aliphatic carbocycles. The van der Waals surface area contributed by atoms with Crippen LogP contribution in [0.2, 0.25) is 0 Å². The van der Waals surface area contributed by atoms with Gasteiger partial charge >= 0.3 is 0 Å². The number of aliphatic hydroxyl groups excluding tert-OH is 2. The average Bonchev–Trinajstić information content (AvgIpc) is 2.83. The molecule has 33 heavy (non-hydrogen) atoms. The van der Waals surface area contributed by atoms with E-state index in [0.717, 1.165) is 5.56 Å². The van der Waals surface area contributed by atoms with Crippen LogP contribution in [0.4, 0.5) is 5.69 Å². The normalized spacial score (nSPS) is 14.3. The number of phenols is 1. The molecule has 0 saturated carbocycles. The predicted octanol–water partition coefficient (Wildman–Crippen LogP) is 2.64. The summed E-state index contributed by atoms with van der Waals surface area (Å²) in [5, 5.41) is 33.8. The van der Waals surface area contributed by atoms with Crippen LogP contribution < -0.4 is 14.8 Å². The summed E-state index contributed by atoms with van der Waals surface area (Å²) in [6.45, 7) is 1.92. The Labute approximate surface area is 193 Å². The van der Waals surface area contributed by atoms with E-state index in [1.807, 2.05) is 37.3 Å². The Kier molecular flexibility index (Phi) is 8.29. The van der Waals surface area contributed by atoms with E-state index in [1.54, 1.807) is 18.2 Å². The summed E-state index contributed by atoms with van der Waals surface area (Å²) in [5.74, 6) is 0.0165. The molecule has 0 aromatic heterocycles. The van der Waals surface area contributed by atoms with Crippen molar-refractivity contribution in [2.75, 3.05) is 17.9 Å². The zero-order valence-corrected chi connectivity index (χ0v) is 18.9. The molecule has 0 radical (unpaired) electrons. The SMILES string of the molecule is CC(NC[C@H](O)COc1ccc(O)c(NS(=O)(=O)c2ccccc2)c1)C(O)c1ccccc1. The van der Waals surface area contributed by atoms with Crippen LogP contribution in [0.3, 0.4) is 0 Å². The molecule has 0 aliphatic rings. The van der Waals surface area contributed by atoms with Gasteiger partial charge in [0.1, 0.15) is 24.2 Å². The number of hydrogen-bond donors (Lipinski definition) is 5. The molecular weight excluding hydrogens is 444 g/mol. The van der Waals surface area contributed by atoms with Crippen LogP contribution in [0.1, 0.15) is 18.6 Å². The molecule has 0 aliphatic heterocycles. The van der Waals surface area contributed by atoms with E-state index in [4.69, 9.17) is 4.74 Å². The molecule has 3 atom stereocenters. The third kappa shape index (κ3) is 6.93. The van der Waals surface area contributed by atoms with Gasteiger partial charge < -0.3 is 25.4 Å². The third-order valence-corrected chi connectivity index (χ3v) is 6.38. The molecule has 0 saturated heterocycles. The minimum Gasteiger partial charge on any atom is -0.506 e. The fourth-order valence-corrected chi connectivity index (χ4v) is 4.20. The minimum absolute atomic E-state index is 0.0384. The molecule has 5 N–H and O–H groups in total. The monoisotopic (exact) mass is 472 g/mol. The number of rotatable bonds is 11. The van der Waals surface area contributed by atoms with Gasteiger partial charge in [0.15, 0.2) is 0 Å². The summed E-state index contributed by atoms with van der Waals surface area (Å²) < 4.78 is 32.9. The van der Waals surface area contributed by atoms with Crippen molar-refractivity contribution in [2.24, 2.45) is 0 Å². The quantitative estimate of drug-likeness (QED) is 0.271. The highest BCUT2D eigenvalue weighted by Gasteiger charge is 2.18. The van der Waals surface area contributed by atoms with Gasteiger partial charge in [0.25, 0.3) is 10.0 Å². The Balaban J connectivity index is 1.54. The molecule has 0 amide bonds. The number of aliphatic hydroxyl groups is 2. The second-order valence-corrected chi connectivity index (χ2v) is 9.30. The molecular formula is C24H28N2O6S. The lowest BCUT2D eigenvalue weighted by Crippen LogP contribution is -2.39. The molecule has 0 fully saturated rings. The van der Waals surface area contributed by atoms with Gasteiger partial charge in [0.05, 0.1) is 16.7 Å². The number of aromatic hydroxyl groups is 1. The smallest absolute Gasteiger partial charge is 0.262 e. The molecule has 0 heterocycles. The van der Waals surface area contributed by atoms with Crippen molar-refractivity contribution in [3.8, 4) is 11.5 Å². The van der Waals surface area contributed by atoms with E-state index in [1.165, 1.54) is 30.3 Å². The van der Waals surface area contributed by atoms with Gasteiger partial charge in [0.2, 0.25) is 0 Å². The van der Waals surface area contributed by atoms with Gasteiger partial charge in [-0.3, -0.25) is 4.72 Å². The first-order chi connectivity index (χ1) is 15.8. The lowest BCUT2D eigenvalue weighted by Gasteiger charge is -2.22. The predicted molar refractivity (Wildman–Crippen MR) is 126 cm³/mol. The second kappa shape index (κ2) is 11.2. The van der Waals surface area contributed by atoms with E-state index in [0.29, 0.717) is 0 Å². The molecule has 2 unspecified atom stereocenters. The topological polar surface area (TPSA) is 128 Å². The van der Waals surface area contributed by atoms with Gasteiger partial charge in [-0.1, -0.05) is 48.5 Å². The first-order valence-electron chi connectivity index (χ1n) is 10.4. The number of phenolic OH excluding ortho intramolecular Hbond substituents is 1. The Morgan fingerprint density at radius 2 is 1.58 bits per heavy atom. The first-order valence-corrected chi connectivity index (χ1v) is 11.9. The maximum atomic E-state index is 12.5. The highest BCUT2D eigenvalue weighted by molar-refractivity contribution is 7.92. The van der Waals surface area contributed by atoms with Crippen LogP contribution in [-0.2, 0) is 10.0 Å². The van der Waals surface area contributed by atoms with Crippen LogP contribution in [0.5, 0.6) is 11.5 Å². The Hall–Kier alpha value is -3.11. The van der Waals surface area contributed by atoms with E-state index >= 15 is 0 Å². The fraction of sp³-hybridized carbons (Fsp3) is 0.250. The summed E-state index contributed by atoms with van der Waals surface area (Å²) >= 11 is 0. The van der Waals surface area contributed by atoms with Gasteiger partial charge in [-0.2, -0.15) is 0 Å². The van der Waals surface area contributed by atoms with Crippen molar-refractivity contribution < 1.29 is 28.5 Å². The van der Waals surface area contributed by atoms with Crippen molar-refractivity contribution in [1.29, 1.82) is 0 Å². The van der Waals surface area contributed by atoms with Gasteiger partial charge in [-0.05, 0) is 36.8 Å². The number of nitrogens with one attached hydrogen (secondary N) is 2. The van der Waals surface area contributed by atoms with E-state index in [9.17, 15) is 23.7 Å². The second-order valence-electron chi connectivity index (χ2n) is 7.61. The van der Waals surface area contributed by atoms with Crippen molar-refractivity contribution in [1.82, 2.24) is 5.32 Å². The summed E-state index contributed by atoms with van der Waals surface area (Å²) in [7, 11) is -3.88. The average molecular weight is 473 g/mol. The Morgan fingerprint density at radius 1 is 0.939 bits per heavy atom. The molecule has 8 nitrogen and oxygen atoms in total. The van der Waals surface area contributed by atoms with Crippen molar-refractivity contribution >= 4 is 15.7 Å². The van der Waals surface area contributed by atoms with Crippen LogP contribution in [0.15, 0.2) is 83.8 Å². The number of anilines is 1. The van der Waals surface area contributed by atoms with Crippen LogP contribution in [0, 0.1) is 0 Å². The molecule has 3 aromatic rings. The van der Waals surface area contributed by atoms with E-state index in [-0.39, 0.29) is 41.3 Å². The molecule has 0 bridgehead atoms. The highest BCUT2D eigenvalue weighted by Crippen LogP contribution is 2.30. The Bertz CT molecular complexity index is 1130. The standard InChI is InChI=1S/C24H28N2O6S/c1-17(24(29)18-8-4-2-5-9-18)25-15-19(27)16-32-20-12-13-23(28)22(14-20)26-33(30,31)21-10-6-3-7-11-21/h2-14,17,19,24-29H,15-16H2,1H3/t17?,19-,24?/m0/s1. The number of benzene rings is 3. The lowest BCUT2D eigenvalue weighted by molar-refractivity contribution is 0.0876. The van der Waals surface area contributed by atoms with Gasteiger partial charge in [-0.15, -0.1) is 0 Å². The summed E-state index contributed by atoms with van der Waals surface area (Å²) in [6, 6.07) is 20.8. The maximum Gasteiger partial charge on any atom is 0.262 e. The molecule has 3 aromatic carbocycles. The number of sulfonamides is 1. The van der Waals surface area contributed by atoms with Crippen LogP contribution in [0.25, 0.3) is 0 Å².